The van der Waals surface area contributed by atoms with Gasteiger partial charge in [-0.05, 0) is 0 Å². The second-order valence-corrected chi connectivity index (χ2v) is 3.02. The van der Waals surface area contributed by atoms with E-state index >= 15 is 0 Å². The number of aromatic nitrogens is 3. The fraction of sp³-hybridized carbons (Fsp3) is 0.111. The molecule has 0 unspecified atom stereocenters. The predicted octanol–water partition coefficient (Wildman–Crippen LogP) is 1.83. The van der Waals surface area contributed by atoms with Crippen LogP contribution in [0.25, 0.3) is 0 Å². The molecular formula is C9H7F3N4. The van der Waals surface area contributed by atoms with E-state index in [1.807, 2.05) is 0 Å². The van der Waals surface area contributed by atoms with Crippen LogP contribution >= 0.6 is 0 Å². The molecule has 2 N–H and O–H groups in total. The van der Waals surface area contributed by atoms with Crippen molar-refractivity contribution in [2.45, 2.75) is 6.54 Å². The van der Waals surface area contributed by atoms with E-state index < -0.39 is 17.6 Å². The number of aromatic amines is 1. The third kappa shape index (κ3) is 2.13. The van der Waals surface area contributed by atoms with Gasteiger partial charge in [0.15, 0.2) is 17.5 Å². The summed E-state index contributed by atoms with van der Waals surface area (Å²) in [6.45, 7) is 0.189. The predicted molar refractivity (Wildman–Crippen MR) is 50.0 cm³/mol. The summed E-state index contributed by atoms with van der Waals surface area (Å²) in [5, 5.41) is 2.52. The summed E-state index contributed by atoms with van der Waals surface area (Å²) in [6.07, 6.45) is 2.97. The van der Waals surface area contributed by atoms with E-state index in [0.29, 0.717) is 11.8 Å². The quantitative estimate of drug-likeness (QED) is 0.788. The van der Waals surface area contributed by atoms with Crippen LogP contribution in [0.4, 0.5) is 19.0 Å². The molecule has 0 fully saturated rings. The molecule has 0 amide bonds. The third-order valence-electron chi connectivity index (χ3n) is 1.89. The summed E-state index contributed by atoms with van der Waals surface area (Å²) >= 11 is 0. The molecular weight excluding hydrogens is 221 g/mol. The van der Waals surface area contributed by atoms with Gasteiger partial charge in [-0.2, -0.15) is 9.37 Å². The molecule has 0 aliphatic carbocycles. The Labute approximate surface area is 88.5 Å². The van der Waals surface area contributed by atoms with Gasteiger partial charge < -0.3 is 10.3 Å². The Morgan fingerprint density at radius 1 is 1.25 bits per heavy atom. The number of pyridine rings is 1. The molecule has 16 heavy (non-hydrogen) atoms. The van der Waals surface area contributed by atoms with Crippen LogP contribution < -0.4 is 5.32 Å². The summed E-state index contributed by atoms with van der Waals surface area (Å²) in [5.41, 5.74) is 0.672. The van der Waals surface area contributed by atoms with E-state index in [1.165, 1.54) is 12.5 Å². The second-order valence-electron chi connectivity index (χ2n) is 3.02. The minimum absolute atomic E-state index is 0.189. The number of nitrogens with one attached hydrogen (secondary N) is 2. The van der Waals surface area contributed by atoms with Gasteiger partial charge >= 0.3 is 0 Å². The zero-order valence-corrected chi connectivity index (χ0v) is 7.97. The third-order valence-corrected chi connectivity index (χ3v) is 1.89. The number of rotatable bonds is 3. The van der Waals surface area contributed by atoms with Crippen molar-refractivity contribution in [1.82, 2.24) is 15.0 Å². The maximum atomic E-state index is 13.1. The largest absolute Gasteiger partial charge is 0.362 e. The molecule has 0 aromatic carbocycles. The molecule has 2 heterocycles. The Morgan fingerprint density at radius 2 is 2.06 bits per heavy atom. The molecule has 2 aromatic heterocycles. The summed E-state index contributed by atoms with van der Waals surface area (Å²) in [6, 6.07) is 0.442. The van der Waals surface area contributed by atoms with Crippen molar-refractivity contribution in [3.63, 3.8) is 0 Å². The van der Waals surface area contributed by atoms with Crippen LogP contribution in [0, 0.1) is 17.6 Å². The van der Waals surface area contributed by atoms with Gasteiger partial charge in [0.25, 0.3) is 5.95 Å². The van der Waals surface area contributed by atoms with E-state index in [0.717, 1.165) is 0 Å². The smallest absolute Gasteiger partial charge is 0.251 e. The highest BCUT2D eigenvalue weighted by atomic mass is 19.2. The first-order valence-corrected chi connectivity index (χ1v) is 4.39. The molecule has 7 heteroatoms. The number of H-pyrrole nitrogens is 1. The van der Waals surface area contributed by atoms with Crippen LogP contribution in [-0.4, -0.2) is 15.0 Å². The number of imidazole rings is 1. The first-order chi connectivity index (χ1) is 7.66. The molecule has 84 valence electrons. The highest BCUT2D eigenvalue weighted by molar-refractivity contribution is 5.36. The van der Waals surface area contributed by atoms with Crippen LogP contribution in [0.2, 0.25) is 0 Å². The number of hydrogen-bond acceptors (Lipinski definition) is 3. The molecule has 0 saturated heterocycles. The lowest BCUT2D eigenvalue weighted by atomic mass is 10.4. The zero-order valence-electron chi connectivity index (χ0n) is 7.97. The molecule has 0 saturated carbocycles. The Bertz CT molecular complexity index is 484. The van der Waals surface area contributed by atoms with Crippen molar-refractivity contribution in [3.05, 3.63) is 41.9 Å². The van der Waals surface area contributed by atoms with Gasteiger partial charge in [-0.1, -0.05) is 0 Å². The lowest BCUT2D eigenvalue weighted by molar-refractivity contribution is 0.466. The average Bonchev–Trinajstić information content (AvgIpc) is 2.74. The van der Waals surface area contributed by atoms with Crippen LogP contribution in [0.15, 0.2) is 18.6 Å². The van der Waals surface area contributed by atoms with E-state index in [4.69, 9.17) is 0 Å². The Balaban J connectivity index is 2.12. The fourth-order valence-corrected chi connectivity index (χ4v) is 1.13. The zero-order chi connectivity index (χ0) is 11.5. The number of nitrogens with zero attached hydrogens (tertiary/aromatic N) is 2. The standard InChI is InChI=1S/C9H7F3N4/c10-6-1-7(11)9(16-8(6)12)14-3-5-2-13-4-15-5/h1-2,4H,3H2,(H,13,15)(H,14,16). The first kappa shape index (κ1) is 10.5. The second kappa shape index (κ2) is 4.21. The number of halogens is 3. The molecule has 4 nitrogen and oxygen atoms in total. The van der Waals surface area contributed by atoms with Gasteiger partial charge in [-0.15, -0.1) is 0 Å². The van der Waals surface area contributed by atoms with Crippen LogP contribution in [0.1, 0.15) is 5.69 Å². The maximum absolute atomic E-state index is 13.1. The number of hydrogen-bond donors (Lipinski definition) is 2. The van der Waals surface area contributed by atoms with Crippen LogP contribution in [0.5, 0.6) is 0 Å². The van der Waals surface area contributed by atoms with Gasteiger partial charge in [0, 0.05) is 12.3 Å². The minimum atomic E-state index is -1.34. The van der Waals surface area contributed by atoms with E-state index in [2.05, 4.69) is 20.3 Å². The van der Waals surface area contributed by atoms with E-state index in [9.17, 15) is 13.2 Å². The highest BCUT2D eigenvalue weighted by Crippen LogP contribution is 2.14. The Morgan fingerprint density at radius 3 is 2.75 bits per heavy atom. The van der Waals surface area contributed by atoms with E-state index in [1.54, 1.807) is 0 Å². The van der Waals surface area contributed by atoms with Gasteiger partial charge in [0.1, 0.15) is 0 Å². The Kier molecular flexibility index (Phi) is 2.76. The molecule has 2 aromatic rings. The summed E-state index contributed by atoms with van der Waals surface area (Å²) in [5.74, 6) is -3.94. The summed E-state index contributed by atoms with van der Waals surface area (Å²) < 4.78 is 38.4. The summed E-state index contributed by atoms with van der Waals surface area (Å²) in [7, 11) is 0. The molecule has 0 aliphatic rings. The molecule has 0 spiro atoms. The van der Waals surface area contributed by atoms with Crippen LogP contribution in [-0.2, 0) is 6.54 Å². The van der Waals surface area contributed by atoms with Gasteiger partial charge in [0.2, 0.25) is 0 Å². The average molecular weight is 228 g/mol. The molecule has 0 aliphatic heterocycles. The minimum Gasteiger partial charge on any atom is -0.362 e. The highest BCUT2D eigenvalue weighted by Gasteiger charge is 2.11. The monoisotopic (exact) mass is 228 g/mol. The van der Waals surface area contributed by atoms with Crippen molar-refractivity contribution >= 4 is 5.82 Å². The normalized spacial score (nSPS) is 10.4. The maximum Gasteiger partial charge on any atom is 0.251 e. The lowest BCUT2D eigenvalue weighted by Gasteiger charge is -2.05. The summed E-state index contributed by atoms with van der Waals surface area (Å²) in [4.78, 5) is 9.62. The molecule has 0 bridgehead atoms. The van der Waals surface area contributed by atoms with Crippen molar-refractivity contribution in [2.75, 3.05) is 5.32 Å². The molecule has 0 atom stereocenters. The van der Waals surface area contributed by atoms with Gasteiger partial charge in [0.05, 0.1) is 18.6 Å². The topological polar surface area (TPSA) is 53.6 Å². The fourth-order valence-electron chi connectivity index (χ4n) is 1.13. The van der Waals surface area contributed by atoms with E-state index in [-0.39, 0.29) is 12.4 Å². The van der Waals surface area contributed by atoms with Crippen molar-refractivity contribution in [2.24, 2.45) is 0 Å². The Hall–Kier alpha value is -2.05. The first-order valence-electron chi connectivity index (χ1n) is 4.39. The van der Waals surface area contributed by atoms with Crippen molar-refractivity contribution in [1.29, 1.82) is 0 Å². The SMILES string of the molecule is Fc1cc(F)c(NCc2cnc[nH]2)nc1F. The van der Waals surface area contributed by atoms with Gasteiger partial charge in [-0.3, -0.25) is 0 Å². The lowest BCUT2D eigenvalue weighted by Crippen LogP contribution is -2.06. The molecule has 0 radical (unpaired) electrons. The van der Waals surface area contributed by atoms with Gasteiger partial charge in [-0.25, -0.2) is 13.8 Å². The van der Waals surface area contributed by atoms with Crippen molar-refractivity contribution < 1.29 is 13.2 Å². The van der Waals surface area contributed by atoms with Crippen LogP contribution in [0.3, 0.4) is 0 Å². The number of anilines is 1. The molecule has 2 rings (SSSR count). The van der Waals surface area contributed by atoms with Crippen molar-refractivity contribution in [3.8, 4) is 0 Å².